The van der Waals surface area contributed by atoms with Gasteiger partial charge < -0.3 is 5.32 Å². The average Bonchev–Trinajstić information content (AvgIpc) is 2.45. The predicted octanol–water partition coefficient (Wildman–Crippen LogP) is 0.947. The van der Waals surface area contributed by atoms with E-state index >= 15 is 0 Å². The summed E-state index contributed by atoms with van der Waals surface area (Å²) in [6.07, 6.45) is 5.02. The SMILES string of the molecule is Cn1cc(CCNCCBr)cn1. The van der Waals surface area contributed by atoms with Gasteiger partial charge in [0.25, 0.3) is 0 Å². The minimum atomic E-state index is 1.01. The van der Waals surface area contributed by atoms with Gasteiger partial charge in [-0.15, -0.1) is 0 Å². The van der Waals surface area contributed by atoms with Crippen LogP contribution in [0.3, 0.4) is 0 Å². The molecule has 1 aromatic heterocycles. The third-order valence-electron chi connectivity index (χ3n) is 1.62. The summed E-state index contributed by atoms with van der Waals surface area (Å²) in [6, 6.07) is 0. The molecule has 0 aromatic carbocycles. The molecule has 0 radical (unpaired) electrons. The van der Waals surface area contributed by atoms with Crippen molar-refractivity contribution in [2.24, 2.45) is 7.05 Å². The van der Waals surface area contributed by atoms with Crippen LogP contribution in [0, 0.1) is 0 Å². The summed E-state index contributed by atoms with van der Waals surface area (Å²) < 4.78 is 1.83. The lowest BCUT2D eigenvalue weighted by Crippen LogP contribution is -2.19. The Morgan fingerprint density at radius 3 is 3.00 bits per heavy atom. The lowest BCUT2D eigenvalue weighted by Gasteiger charge is -1.98. The molecule has 0 aliphatic rings. The van der Waals surface area contributed by atoms with Crippen LogP contribution in [0.2, 0.25) is 0 Å². The highest BCUT2D eigenvalue weighted by Crippen LogP contribution is 1.95. The molecule has 0 amide bonds. The maximum absolute atomic E-state index is 4.10. The highest BCUT2D eigenvalue weighted by molar-refractivity contribution is 9.09. The van der Waals surface area contributed by atoms with Crippen molar-refractivity contribution in [2.45, 2.75) is 6.42 Å². The molecule has 0 atom stereocenters. The smallest absolute Gasteiger partial charge is 0.0522 e. The predicted molar refractivity (Wildman–Crippen MR) is 53.6 cm³/mol. The molecule has 0 bridgehead atoms. The normalized spacial score (nSPS) is 10.5. The van der Waals surface area contributed by atoms with Crippen molar-refractivity contribution in [3.05, 3.63) is 18.0 Å². The van der Waals surface area contributed by atoms with Crippen molar-refractivity contribution in [3.63, 3.8) is 0 Å². The summed E-state index contributed by atoms with van der Waals surface area (Å²) in [7, 11) is 1.94. The number of aromatic nitrogens is 2. The lowest BCUT2D eigenvalue weighted by molar-refractivity contribution is 0.721. The van der Waals surface area contributed by atoms with Gasteiger partial charge in [0.2, 0.25) is 0 Å². The van der Waals surface area contributed by atoms with Crippen molar-refractivity contribution < 1.29 is 0 Å². The Labute approximate surface area is 81.3 Å². The van der Waals surface area contributed by atoms with E-state index in [0.717, 1.165) is 24.8 Å². The van der Waals surface area contributed by atoms with Crippen molar-refractivity contribution in [1.82, 2.24) is 15.1 Å². The minimum Gasteiger partial charge on any atom is -0.316 e. The molecular formula is C8H14BrN3. The first-order chi connectivity index (χ1) is 5.83. The molecule has 0 unspecified atom stereocenters. The molecule has 0 aliphatic carbocycles. The van der Waals surface area contributed by atoms with Crippen LogP contribution in [0.4, 0.5) is 0 Å². The second-order valence-corrected chi connectivity index (χ2v) is 3.50. The molecule has 0 spiro atoms. The molecule has 3 nitrogen and oxygen atoms in total. The maximum Gasteiger partial charge on any atom is 0.0522 e. The lowest BCUT2D eigenvalue weighted by atomic mass is 10.2. The molecule has 68 valence electrons. The fraction of sp³-hybridized carbons (Fsp3) is 0.625. The fourth-order valence-corrected chi connectivity index (χ4v) is 1.31. The van der Waals surface area contributed by atoms with E-state index in [1.54, 1.807) is 0 Å². The Kier molecular flexibility index (Phi) is 4.32. The standard InChI is InChI=1S/C8H14BrN3/c1-12-7-8(6-11-12)2-4-10-5-3-9/h6-7,10H,2-5H2,1H3. The number of nitrogens with zero attached hydrogens (tertiary/aromatic N) is 2. The average molecular weight is 232 g/mol. The van der Waals surface area contributed by atoms with Gasteiger partial charge in [0, 0.05) is 25.1 Å². The quantitative estimate of drug-likeness (QED) is 0.605. The number of hydrogen-bond acceptors (Lipinski definition) is 2. The van der Waals surface area contributed by atoms with Crippen LogP contribution in [0.15, 0.2) is 12.4 Å². The third kappa shape index (κ3) is 3.36. The number of aryl methyl sites for hydroxylation is 1. The van der Waals surface area contributed by atoms with Gasteiger partial charge in [-0.1, -0.05) is 15.9 Å². The highest BCUT2D eigenvalue weighted by atomic mass is 79.9. The second kappa shape index (κ2) is 5.32. The highest BCUT2D eigenvalue weighted by Gasteiger charge is 1.94. The van der Waals surface area contributed by atoms with E-state index in [0.29, 0.717) is 0 Å². The molecule has 0 saturated heterocycles. The summed E-state index contributed by atoms with van der Waals surface area (Å²) in [5.41, 5.74) is 1.29. The number of nitrogens with one attached hydrogen (secondary N) is 1. The van der Waals surface area contributed by atoms with Gasteiger partial charge >= 0.3 is 0 Å². The van der Waals surface area contributed by atoms with E-state index in [2.05, 4.69) is 32.5 Å². The maximum atomic E-state index is 4.10. The Morgan fingerprint density at radius 2 is 2.42 bits per heavy atom. The van der Waals surface area contributed by atoms with Crippen LogP contribution in [-0.4, -0.2) is 28.2 Å². The first kappa shape index (κ1) is 9.74. The van der Waals surface area contributed by atoms with Crippen molar-refractivity contribution in [1.29, 1.82) is 0 Å². The summed E-state index contributed by atoms with van der Waals surface area (Å²) in [6.45, 7) is 2.05. The molecule has 1 heterocycles. The van der Waals surface area contributed by atoms with Gasteiger partial charge in [0.05, 0.1) is 6.20 Å². The molecule has 0 aliphatic heterocycles. The van der Waals surface area contributed by atoms with Gasteiger partial charge in [-0.3, -0.25) is 4.68 Å². The number of rotatable bonds is 5. The Bertz CT molecular complexity index is 222. The number of alkyl halides is 1. The number of halogens is 1. The summed E-state index contributed by atoms with van der Waals surface area (Å²) in [5, 5.41) is 8.42. The van der Waals surface area contributed by atoms with Crippen molar-refractivity contribution in [3.8, 4) is 0 Å². The van der Waals surface area contributed by atoms with Gasteiger partial charge in [-0.2, -0.15) is 5.10 Å². The van der Waals surface area contributed by atoms with E-state index in [-0.39, 0.29) is 0 Å². The number of hydrogen-bond donors (Lipinski definition) is 1. The van der Waals surface area contributed by atoms with Crippen LogP contribution >= 0.6 is 15.9 Å². The fourth-order valence-electron chi connectivity index (χ4n) is 1.03. The van der Waals surface area contributed by atoms with Crippen LogP contribution in [0.5, 0.6) is 0 Å². The van der Waals surface area contributed by atoms with Crippen LogP contribution in [0.25, 0.3) is 0 Å². The Balaban J connectivity index is 2.15. The van der Waals surface area contributed by atoms with E-state index in [4.69, 9.17) is 0 Å². The molecule has 1 aromatic rings. The second-order valence-electron chi connectivity index (χ2n) is 2.71. The van der Waals surface area contributed by atoms with E-state index < -0.39 is 0 Å². The van der Waals surface area contributed by atoms with E-state index in [1.807, 2.05) is 17.9 Å². The monoisotopic (exact) mass is 231 g/mol. The Morgan fingerprint density at radius 1 is 1.58 bits per heavy atom. The Hall–Kier alpha value is -0.350. The zero-order valence-electron chi connectivity index (χ0n) is 7.26. The summed E-state index contributed by atoms with van der Waals surface area (Å²) in [4.78, 5) is 0. The third-order valence-corrected chi connectivity index (χ3v) is 2.02. The topological polar surface area (TPSA) is 29.9 Å². The molecule has 1 rings (SSSR count). The van der Waals surface area contributed by atoms with Crippen molar-refractivity contribution >= 4 is 15.9 Å². The first-order valence-corrected chi connectivity index (χ1v) is 5.19. The van der Waals surface area contributed by atoms with Crippen LogP contribution < -0.4 is 5.32 Å². The molecule has 4 heteroatoms. The van der Waals surface area contributed by atoms with Gasteiger partial charge in [0.15, 0.2) is 0 Å². The molecule has 12 heavy (non-hydrogen) atoms. The van der Waals surface area contributed by atoms with Crippen LogP contribution in [0.1, 0.15) is 5.56 Å². The van der Waals surface area contributed by atoms with E-state index in [1.165, 1.54) is 5.56 Å². The van der Waals surface area contributed by atoms with Gasteiger partial charge in [0.1, 0.15) is 0 Å². The zero-order valence-corrected chi connectivity index (χ0v) is 8.84. The van der Waals surface area contributed by atoms with Gasteiger partial charge in [-0.25, -0.2) is 0 Å². The molecule has 0 fully saturated rings. The van der Waals surface area contributed by atoms with Crippen molar-refractivity contribution in [2.75, 3.05) is 18.4 Å². The van der Waals surface area contributed by atoms with E-state index in [9.17, 15) is 0 Å². The molecule has 1 N–H and O–H groups in total. The summed E-state index contributed by atoms with van der Waals surface area (Å²) in [5.74, 6) is 0. The summed E-state index contributed by atoms with van der Waals surface area (Å²) >= 11 is 3.36. The molecule has 0 saturated carbocycles. The van der Waals surface area contributed by atoms with Gasteiger partial charge in [-0.05, 0) is 18.5 Å². The van der Waals surface area contributed by atoms with Crippen LogP contribution in [-0.2, 0) is 13.5 Å². The molecular weight excluding hydrogens is 218 g/mol. The minimum absolute atomic E-state index is 1.01. The zero-order chi connectivity index (χ0) is 8.81. The first-order valence-electron chi connectivity index (χ1n) is 4.07. The largest absolute Gasteiger partial charge is 0.316 e.